The predicted molar refractivity (Wildman–Crippen MR) is 44.1 cm³/mol. The van der Waals surface area contributed by atoms with Gasteiger partial charge in [0.05, 0.1) is 12.7 Å². The highest BCUT2D eigenvalue weighted by molar-refractivity contribution is 9.09. The van der Waals surface area contributed by atoms with Gasteiger partial charge in [0.1, 0.15) is 0 Å². The highest BCUT2D eigenvalue weighted by Crippen LogP contribution is 2.08. The quantitative estimate of drug-likeness (QED) is 0.303. The Morgan fingerprint density at radius 3 is 2.40 bits per heavy atom. The third kappa shape index (κ3) is 2.35. The Labute approximate surface area is 68.7 Å². The second kappa shape index (κ2) is 4.28. The molecule has 0 fully saturated rings. The van der Waals surface area contributed by atoms with Crippen molar-refractivity contribution in [2.75, 3.05) is 12.4 Å². The number of ether oxygens (including phenoxy) is 1. The Balaban J connectivity index is 4.09. The lowest BCUT2D eigenvalue weighted by atomic mass is 10.2. The third-order valence-corrected chi connectivity index (χ3v) is 1.70. The SMILES string of the molecule is C=C(CBr)C(=C)C(=O)OC. The molecular weight excluding hydrogens is 196 g/mol. The lowest BCUT2D eigenvalue weighted by molar-refractivity contribution is -0.135. The van der Waals surface area contributed by atoms with Gasteiger partial charge in [-0.15, -0.1) is 0 Å². The Kier molecular flexibility index (Phi) is 4.03. The summed E-state index contributed by atoms with van der Waals surface area (Å²) in [7, 11) is 1.31. The number of esters is 1. The van der Waals surface area contributed by atoms with Gasteiger partial charge < -0.3 is 4.74 Å². The molecule has 0 unspecified atom stereocenters. The molecule has 0 bridgehead atoms. The van der Waals surface area contributed by atoms with E-state index in [2.05, 4.69) is 33.8 Å². The fourth-order valence-electron chi connectivity index (χ4n) is 0.348. The van der Waals surface area contributed by atoms with Crippen LogP contribution in [0.3, 0.4) is 0 Å². The summed E-state index contributed by atoms with van der Waals surface area (Å²) in [6.45, 7) is 7.09. The van der Waals surface area contributed by atoms with Crippen molar-refractivity contribution in [3.8, 4) is 0 Å². The molecular formula is C7H9BrO2. The molecule has 0 heterocycles. The number of rotatable bonds is 3. The number of hydrogen-bond acceptors (Lipinski definition) is 2. The smallest absolute Gasteiger partial charge is 0.337 e. The van der Waals surface area contributed by atoms with Crippen LogP contribution in [0.25, 0.3) is 0 Å². The van der Waals surface area contributed by atoms with Crippen molar-refractivity contribution in [2.24, 2.45) is 0 Å². The van der Waals surface area contributed by atoms with Gasteiger partial charge in [-0.2, -0.15) is 0 Å². The van der Waals surface area contributed by atoms with E-state index in [1.165, 1.54) is 7.11 Å². The van der Waals surface area contributed by atoms with Crippen molar-refractivity contribution in [1.82, 2.24) is 0 Å². The topological polar surface area (TPSA) is 26.3 Å². The molecule has 0 atom stereocenters. The Bertz CT molecular complexity index is 154. The van der Waals surface area contributed by atoms with Gasteiger partial charge in [0.25, 0.3) is 0 Å². The van der Waals surface area contributed by atoms with Crippen LogP contribution in [0, 0.1) is 0 Å². The molecule has 0 saturated carbocycles. The molecule has 0 amide bonds. The molecule has 0 aromatic rings. The highest BCUT2D eigenvalue weighted by atomic mass is 79.9. The summed E-state index contributed by atoms with van der Waals surface area (Å²) in [5.74, 6) is -0.426. The van der Waals surface area contributed by atoms with Crippen LogP contribution in [0.4, 0.5) is 0 Å². The lowest BCUT2D eigenvalue weighted by Crippen LogP contribution is -2.05. The Hall–Kier alpha value is -0.570. The maximum atomic E-state index is 10.7. The number of carbonyl (C=O) groups excluding carboxylic acids is 1. The van der Waals surface area contributed by atoms with Crippen molar-refractivity contribution >= 4 is 21.9 Å². The molecule has 0 saturated heterocycles. The molecule has 10 heavy (non-hydrogen) atoms. The van der Waals surface area contributed by atoms with Crippen molar-refractivity contribution in [3.63, 3.8) is 0 Å². The zero-order valence-corrected chi connectivity index (χ0v) is 7.40. The van der Waals surface area contributed by atoms with Crippen LogP contribution in [0.5, 0.6) is 0 Å². The maximum Gasteiger partial charge on any atom is 0.337 e. The van der Waals surface area contributed by atoms with Gasteiger partial charge in [-0.25, -0.2) is 4.79 Å². The van der Waals surface area contributed by atoms with E-state index >= 15 is 0 Å². The van der Waals surface area contributed by atoms with Crippen LogP contribution >= 0.6 is 15.9 Å². The first-order valence-corrected chi connectivity index (χ1v) is 3.77. The second-order valence-corrected chi connectivity index (χ2v) is 2.27. The summed E-state index contributed by atoms with van der Waals surface area (Å²) < 4.78 is 4.41. The number of carbonyl (C=O) groups is 1. The van der Waals surface area contributed by atoms with Gasteiger partial charge in [-0.1, -0.05) is 29.1 Å². The molecule has 0 aliphatic rings. The zero-order valence-electron chi connectivity index (χ0n) is 5.82. The molecule has 0 radical (unpaired) electrons. The molecule has 3 heteroatoms. The van der Waals surface area contributed by atoms with Gasteiger partial charge >= 0.3 is 5.97 Å². The molecule has 0 spiro atoms. The van der Waals surface area contributed by atoms with Crippen LogP contribution in [-0.2, 0) is 9.53 Å². The summed E-state index contributed by atoms with van der Waals surface area (Å²) in [6, 6.07) is 0. The summed E-state index contributed by atoms with van der Waals surface area (Å²) in [5.41, 5.74) is 0.964. The standard InChI is InChI=1S/C7H9BrO2/c1-5(4-8)6(2)7(9)10-3/h1-2,4H2,3H3. The van der Waals surface area contributed by atoms with Gasteiger partial charge in [0, 0.05) is 5.33 Å². The number of alkyl halides is 1. The Morgan fingerprint density at radius 2 is 2.10 bits per heavy atom. The largest absolute Gasteiger partial charge is 0.465 e. The van der Waals surface area contributed by atoms with E-state index < -0.39 is 5.97 Å². The second-order valence-electron chi connectivity index (χ2n) is 1.71. The molecule has 0 aliphatic heterocycles. The van der Waals surface area contributed by atoms with Gasteiger partial charge in [-0.05, 0) is 5.57 Å². The fourth-order valence-corrected chi connectivity index (χ4v) is 0.687. The van der Waals surface area contributed by atoms with Gasteiger partial charge in [0.2, 0.25) is 0 Å². The van der Waals surface area contributed by atoms with Crippen LogP contribution in [0.15, 0.2) is 24.3 Å². The van der Waals surface area contributed by atoms with Crippen LogP contribution in [-0.4, -0.2) is 18.4 Å². The minimum Gasteiger partial charge on any atom is -0.465 e. The molecule has 0 aromatic carbocycles. The normalized spacial score (nSPS) is 8.60. The molecule has 2 nitrogen and oxygen atoms in total. The monoisotopic (exact) mass is 204 g/mol. The first-order chi connectivity index (χ1) is 4.63. The van der Waals surface area contributed by atoms with Crippen molar-refractivity contribution in [3.05, 3.63) is 24.3 Å². The molecule has 56 valence electrons. The van der Waals surface area contributed by atoms with Gasteiger partial charge in [-0.3, -0.25) is 0 Å². The average molecular weight is 205 g/mol. The van der Waals surface area contributed by atoms with E-state index in [4.69, 9.17) is 0 Å². The van der Waals surface area contributed by atoms with Crippen LogP contribution < -0.4 is 0 Å². The maximum absolute atomic E-state index is 10.7. The number of methoxy groups -OCH3 is 1. The first kappa shape index (κ1) is 9.43. The minimum atomic E-state index is -0.426. The number of hydrogen-bond donors (Lipinski definition) is 0. The minimum absolute atomic E-state index is 0.319. The van der Waals surface area contributed by atoms with Crippen LogP contribution in [0.2, 0.25) is 0 Å². The van der Waals surface area contributed by atoms with Crippen molar-refractivity contribution in [1.29, 1.82) is 0 Å². The molecule has 0 aromatic heterocycles. The number of halogens is 1. The summed E-state index contributed by atoms with van der Waals surface area (Å²) >= 11 is 3.14. The average Bonchev–Trinajstić information content (AvgIpc) is 2.00. The summed E-state index contributed by atoms with van der Waals surface area (Å²) in [4.78, 5) is 10.7. The van der Waals surface area contributed by atoms with E-state index in [0.717, 1.165) is 0 Å². The summed E-state index contributed by atoms with van der Waals surface area (Å²) in [6.07, 6.45) is 0. The summed E-state index contributed by atoms with van der Waals surface area (Å²) in [5, 5.41) is 0.543. The first-order valence-electron chi connectivity index (χ1n) is 2.64. The predicted octanol–water partition coefficient (Wildman–Crippen LogP) is 1.67. The Morgan fingerprint density at radius 1 is 1.60 bits per heavy atom. The van der Waals surface area contributed by atoms with Crippen molar-refractivity contribution in [2.45, 2.75) is 0 Å². The van der Waals surface area contributed by atoms with E-state index in [1.807, 2.05) is 0 Å². The molecule has 0 rings (SSSR count). The zero-order chi connectivity index (χ0) is 8.15. The van der Waals surface area contributed by atoms with E-state index in [9.17, 15) is 4.79 Å². The molecule has 0 aliphatic carbocycles. The van der Waals surface area contributed by atoms with Gasteiger partial charge in [0.15, 0.2) is 0 Å². The highest BCUT2D eigenvalue weighted by Gasteiger charge is 2.08. The van der Waals surface area contributed by atoms with E-state index in [-0.39, 0.29) is 0 Å². The lowest BCUT2D eigenvalue weighted by Gasteiger charge is -2.01. The third-order valence-electron chi connectivity index (χ3n) is 1.02. The van der Waals surface area contributed by atoms with Crippen LogP contribution in [0.1, 0.15) is 0 Å². The van der Waals surface area contributed by atoms with E-state index in [1.54, 1.807) is 0 Å². The van der Waals surface area contributed by atoms with Crippen molar-refractivity contribution < 1.29 is 9.53 Å². The fraction of sp³-hybridized carbons (Fsp3) is 0.286. The molecule has 0 N–H and O–H groups in total. The van der Waals surface area contributed by atoms with E-state index in [0.29, 0.717) is 16.5 Å².